The van der Waals surface area contributed by atoms with Crippen molar-refractivity contribution in [3.8, 4) is 11.5 Å². The summed E-state index contributed by atoms with van der Waals surface area (Å²) in [5.41, 5.74) is 0.490. The maximum Gasteiger partial charge on any atom is 0.260 e. The molecule has 2 aliphatic heterocycles. The van der Waals surface area contributed by atoms with Crippen molar-refractivity contribution in [3.05, 3.63) is 22.5 Å². The lowest BCUT2D eigenvalue weighted by atomic mass is 10.2. The van der Waals surface area contributed by atoms with Gasteiger partial charge in [-0.1, -0.05) is 0 Å². The molecule has 0 spiro atoms. The van der Waals surface area contributed by atoms with E-state index in [-0.39, 0.29) is 12.4 Å². The normalized spacial score (nSPS) is 18.4. The molecule has 0 atom stereocenters. The van der Waals surface area contributed by atoms with Crippen LogP contribution in [0.15, 0.2) is 16.9 Å². The van der Waals surface area contributed by atoms with Crippen LogP contribution in [0.1, 0.15) is 0 Å². The summed E-state index contributed by atoms with van der Waals surface area (Å²) in [6.07, 6.45) is 0. The number of rotatable bonds is 1. The van der Waals surface area contributed by atoms with E-state index in [1.54, 1.807) is 12.1 Å². The number of aromatic amines is 1. The van der Waals surface area contributed by atoms with E-state index in [9.17, 15) is 4.79 Å². The maximum absolute atomic E-state index is 12.3. The summed E-state index contributed by atoms with van der Waals surface area (Å²) < 4.78 is 10.7. The summed E-state index contributed by atoms with van der Waals surface area (Å²) in [6.45, 7) is 3.83. The lowest BCUT2D eigenvalue weighted by Gasteiger charge is -2.32. The fraction of sp³-hybridized carbons (Fsp3) is 0.429. The van der Waals surface area contributed by atoms with Crippen LogP contribution < -0.4 is 19.9 Å². The molecule has 1 aromatic heterocycles. The van der Waals surface area contributed by atoms with Crippen LogP contribution in [0.3, 0.4) is 0 Å². The van der Waals surface area contributed by atoms with Gasteiger partial charge in [0.15, 0.2) is 11.5 Å². The maximum atomic E-state index is 12.3. The Bertz CT molecular complexity index is 750. The number of ether oxygens (including phenoxy) is 2. The third-order valence-corrected chi connectivity index (χ3v) is 3.99. The van der Waals surface area contributed by atoms with Gasteiger partial charge in [0.05, 0.1) is 10.9 Å². The van der Waals surface area contributed by atoms with E-state index in [0.717, 1.165) is 26.2 Å². The number of fused-ring (bicyclic) bond motifs is 2. The molecule has 2 aromatic rings. The van der Waals surface area contributed by atoms with Crippen LogP contribution in [0.2, 0.25) is 0 Å². The summed E-state index contributed by atoms with van der Waals surface area (Å²) >= 11 is 0. The number of H-pyrrole nitrogens is 1. The van der Waals surface area contributed by atoms with E-state index in [0.29, 0.717) is 28.4 Å². The van der Waals surface area contributed by atoms with Gasteiger partial charge in [-0.05, 0) is 13.1 Å². The Kier molecular flexibility index (Phi) is 2.75. The molecule has 2 aliphatic rings. The minimum Gasteiger partial charge on any atom is -0.454 e. The highest BCUT2D eigenvalue weighted by molar-refractivity contribution is 5.83. The predicted octanol–water partition coefficient (Wildman–Crippen LogP) is 0.404. The smallest absolute Gasteiger partial charge is 0.260 e. The molecule has 110 valence electrons. The van der Waals surface area contributed by atoms with Gasteiger partial charge in [0, 0.05) is 32.2 Å². The minimum atomic E-state index is -0.146. The SMILES string of the molecule is CN1CCN(c2nc3cc4c(cc3c(=O)[nH]2)OCO4)CC1. The number of hydrogen-bond acceptors (Lipinski definition) is 6. The van der Waals surface area contributed by atoms with Gasteiger partial charge in [-0.3, -0.25) is 9.78 Å². The Labute approximate surface area is 121 Å². The van der Waals surface area contributed by atoms with Crippen LogP contribution in [-0.2, 0) is 0 Å². The highest BCUT2D eigenvalue weighted by atomic mass is 16.7. The van der Waals surface area contributed by atoms with Crippen molar-refractivity contribution in [3.63, 3.8) is 0 Å². The molecule has 0 radical (unpaired) electrons. The van der Waals surface area contributed by atoms with E-state index in [4.69, 9.17) is 9.47 Å². The molecule has 0 aliphatic carbocycles. The molecule has 4 rings (SSSR count). The standard InChI is InChI=1S/C14H16N4O3/c1-17-2-4-18(5-3-17)14-15-10-7-12-11(20-8-21-12)6-9(10)13(19)16-14/h6-7H,2-5,8H2,1H3,(H,15,16,19). The Balaban J connectivity index is 1.78. The zero-order valence-electron chi connectivity index (χ0n) is 11.8. The number of anilines is 1. The molecule has 0 unspecified atom stereocenters. The lowest BCUT2D eigenvalue weighted by Crippen LogP contribution is -2.45. The molecule has 1 N–H and O–H groups in total. The highest BCUT2D eigenvalue weighted by Crippen LogP contribution is 2.34. The van der Waals surface area contributed by atoms with Gasteiger partial charge in [0.2, 0.25) is 12.7 Å². The van der Waals surface area contributed by atoms with Crippen LogP contribution in [-0.4, -0.2) is 54.9 Å². The summed E-state index contributed by atoms with van der Waals surface area (Å²) in [5, 5.41) is 0.525. The minimum absolute atomic E-state index is 0.146. The van der Waals surface area contributed by atoms with Crippen molar-refractivity contribution in [2.24, 2.45) is 0 Å². The van der Waals surface area contributed by atoms with Crippen molar-refractivity contribution in [2.45, 2.75) is 0 Å². The molecule has 1 aromatic carbocycles. The molecule has 0 bridgehead atoms. The summed E-state index contributed by atoms with van der Waals surface area (Å²) in [6, 6.07) is 3.46. The molecular formula is C14H16N4O3. The van der Waals surface area contributed by atoms with Crippen molar-refractivity contribution in [1.29, 1.82) is 0 Å². The number of piperazine rings is 1. The van der Waals surface area contributed by atoms with Crippen LogP contribution in [0, 0.1) is 0 Å². The Morgan fingerprint density at radius 3 is 2.62 bits per heavy atom. The van der Waals surface area contributed by atoms with Gasteiger partial charge in [0.1, 0.15) is 0 Å². The van der Waals surface area contributed by atoms with Crippen LogP contribution >= 0.6 is 0 Å². The average Bonchev–Trinajstić information content (AvgIpc) is 2.93. The second-order valence-corrected chi connectivity index (χ2v) is 5.40. The first-order valence-corrected chi connectivity index (χ1v) is 6.98. The lowest BCUT2D eigenvalue weighted by molar-refractivity contribution is 0.174. The van der Waals surface area contributed by atoms with Gasteiger partial charge in [0.25, 0.3) is 5.56 Å². The second-order valence-electron chi connectivity index (χ2n) is 5.40. The first-order valence-electron chi connectivity index (χ1n) is 6.98. The molecule has 7 heteroatoms. The van der Waals surface area contributed by atoms with E-state index >= 15 is 0 Å². The summed E-state index contributed by atoms with van der Waals surface area (Å²) in [4.78, 5) is 24.1. The zero-order valence-corrected chi connectivity index (χ0v) is 11.8. The van der Waals surface area contributed by atoms with Crippen molar-refractivity contribution in [1.82, 2.24) is 14.9 Å². The van der Waals surface area contributed by atoms with Crippen molar-refractivity contribution in [2.75, 3.05) is 44.9 Å². The van der Waals surface area contributed by atoms with E-state index in [1.807, 2.05) is 0 Å². The van der Waals surface area contributed by atoms with E-state index in [1.165, 1.54) is 0 Å². The molecule has 0 amide bonds. The Hall–Kier alpha value is -2.28. The van der Waals surface area contributed by atoms with E-state index in [2.05, 4.69) is 26.8 Å². The molecule has 1 saturated heterocycles. The molecular weight excluding hydrogens is 272 g/mol. The quantitative estimate of drug-likeness (QED) is 0.819. The predicted molar refractivity (Wildman–Crippen MR) is 78.2 cm³/mol. The van der Waals surface area contributed by atoms with Crippen LogP contribution in [0.5, 0.6) is 11.5 Å². The summed E-state index contributed by atoms with van der Waals surface area (Å²) in [7, 11) is 2.09. The largest absolute Gasteiger partial charge is 0.454 e. The van der Waals surface area contributed by atoms with Crippen molar-refractivity contribution < 1.29 is 9.47 Å². The Morgan fingerprint density at radius 2 is 1.86 bits per heavy atom. The first-order chi connectivity index (χ1) is 10.2. The fourth-order valence-corrected chi connectivity index (χ4v) is 2.68. The number of benzene rings is 1. The second kappa shape index (κ2) is 4.63. The van der Waals surface area contributed by atoms with Gasteiger partial charge in [-0.15, -0.1) is 0 Å². The highest BCUT2D eigenvalue weighted by Gasteiger charge is 2.20. The zero-order chi connectivity index (χ0) is 14.4. The van der Waals surface area contributed by atoms with Gasteiger partial charge in [-0.2, -0.15) is 0 Å². The molecule has 21 heavy (non-hydrogen) atoms. The number of likely N-dealkylation sites (N-methyl/N-ethyl adjacent to an activating group) is 1. The van der Waals surface area contributed by atoms with E-state index < -0.39 is 0 Å². The van der Waals surface area contributed by atoms with Crippen LogP contribution in [0.25, 0.3) is 10.9 Å². The fourth-order valence-electron chi connectivity index (χ4n) is 2.68. The van der Waals surface area contributed by atoms with Gasteiger partial charge in [-0.25, -0.2) is 4.98 Å². The molecule has 0 saturated carbocycles. The first kappa shape index (κ1) is 12.5. The molecule has 1 fully saturated rings. The molecule has 3 heterocycles. The number of hydrogen-bond donors (Lipinski definition) is 1. The number of aromatic nitrogens is 2. The number of nitrogens with zero attached hydrogens (tertiary/aromatic N) is 3. The third-order valence-electron chi connectivity index (χ3n) is 3.99. The monoisotopic (exact) mass is 288 g/mol. The van der Waals surface area contributed by atoms with Gasteiger partial charge >= 0.3 is 0 Å². The van der Waals surface area contributed by atoms with Crippen molar-refractivity contribution >= 4 is 16.9 Å². The average molecular weight is 288 g/mol. The van der Waals surface area contributed by atoms with Gasteiger partial charge < -0.3 is 19.3 Å². The third kappa shape index (κ3) is 2.09. The molecule has 7 nitrogen and oxygen atoms in total. The number of nitrogens with one attached hydrogen (secondary N) is 1. The Morgan fingerprint density at radius 1 is 1.14 bits per heavy atom. The summed E-state index contributed by atoms with van der Waals surface area (Å²) in [5.74, 6) is 1.87. The van der Waals surface area contributed by atoms with Crippen LogP contribution in [0.4, 0.5) is 5.95 Å². The topological polar surface area (TPSA) is 70.7 Å².